The van der Waals surface area contributed by atoms with Crippen LogP contribution in [0, 0.1) is 13.8 Å². The molecule has 1 saturated heterocycles. The van der Waals surface area contributed by atoms with Gasteiger partial charge in [-0.05, 0) is 62.9 Å². The Kier molecular flexibility index (Phi) is 7.38. The van der Waals surface area contributed by atoms with Crippen molar-refractivity contribution in [2.24, 2.45) is 0 Å². The van der Waals surface area contributed by atoms with Crippen molar-refractivity contribution in [3.05, 3.63) is 58.7 Å². The maximum Gasteiger partial charge on any atom is 0.255 e. The topological polar surface area (TPSA) is 75.7 Å². The molecule has 2 aromatic rings. The van der Waals surface area contributed by atoms with Crippen molar-refractivity contribution >= 4 is 15.9 Å². The zero-order valence-electron chi connectivity index (χ0n) is 18.8. The van der Waals surface area contributed by atoms with Crippen molar-refractivity contribution in [1.29, 1.82) is 0 Å². The third-order valence-electron chi connectivity index (χ3n) is 5.87. The quantitative estimate of drug-likeness (QED) is 0.718. The highest BCUT2D eigenvalue weighted by molar-refractivity contribution is 7.89. The highest BCUT2D eigenvalue weighted by Gasteiger charge is 2.27. The molecule has 0 aromatic heterocycles. The number of benzene rings is 2. The SMILES string of the molecule is COc1ccc(S(=O)(=O)N2CCCCCC2)cc1C(=O)NC(C)c1cc(C)ccc1C. The third kappa shape index (κ3) is 5.28. The Morgan fingerprint density at radius 2 is 1.71 bits per heavy atom. The van der Waals surface area contributed by atoms with Crippen LogP contribution >= 0.6 is 0 Å². The van der Waals surface area contributed by atoms with Crippen molar-refractivity contribution in [1.82, 2.24) is 9.62 Å². The van der Waals surface area contributed by atoms with Gasteiger partial charge in [-0.3, -0.25) is 4.79 Å². The van der Waals surface area contributed by atoms with Crippen LogP contribution in [-0.4, -0.2) is 38.8 Å². The Morgan fingerprint density at radius 1 is 1.03 bits per heavy atom. The first kappa shape index (κ1) is 23.3. The molecule has 1 unspecified atom stereocenters. The fraction of sp³-hybridized carbons (Fsp3) is 0.458. The largest absolute Gasteiger partial charge is 0.496 e. The summed E-state index contributed by atoms with van der Waals surface area (Å²) in [6, 6.07) is 10.4. The molecule has 2 aromatic carbocycles. The number of nitrogens with zero attached hydrogens (tertiary/aromatic N) is 1. The Labute approximate surface area is 185 Å². The first-order valence-corrected chi connectivity index (χ1v) is 12.2. The molecule has 168 valence electrons. The van der Waals surface area contributed by atoms with E-state index in [1.165, 1.54) is 23.5 Å². The van der Waals surface area contributed by atoms with Crippen molar-refractivity contribution in [2.75, 3.05) is 20.2 Å². The molecule has 1 heterocycles. The Hall–Kier alpha value is -2.38. The predicted molar refractivity (Wildman–Crippen MR) is 122 cm³/mol. The molecule has 0 aliphatic carbocycles. The minimum atomic E-state index is -3.66. The number of ether oxygens (including phenoxy) is 1. The molecule has 31 heavy (non-hydrogen) atoms. The van der Waals surface area contributed by atoms with E-state index < -0.39 is 10.0 Å². The second kappa shape index (κ2) is 9.83. The number of nitrogens with one attached hydrogen (secondary N) is 1. The number of hydrogen-bond acceptors (Lipinski definition) is 4. The lowest BCUT2D eigenvalue weighted by molar-refractivity contribution is 0.0936. The van der Waals surface area contributed by atoms with Crippen LogP contribution in [-0.2, 0) is 10.0 Å². The van der Waals surface area contributed by atoms with Gasteiger partial charge in [0.1, 0.15) is 5.75 Å². The lowest BCUT2D eigenvalue weighted by Gasteiger charge is -2.21. The first-order valence-electron chi connectivity index (χ1n) is 10.8. The lowest BCUT2D eigenvalue weighted by atomic mass is 9.99. The molecule has 7 heteroatoms. The fourth-order valence-electron chi connectivity index (χ4n) is 4.03. The van der Waals surface area contributed by atoms with Gasteiger partial charge in [0.25, 0.3) is 5.91 Å². The standard InChI is InChI=1S/C24H32N2O4S/c1-17-9-10-18(2)21(15-17)19(3)25-24(27)22-16-20(11-12-23(22)30-4)31(28,29)26-13-7-5-6-8-14-26/h9-12,15-16,19H,5-8,13-14H2,1-4H3,(H,25,27). The molecule has 1 fully saturated rings. The van der Waals surface area contributed by atoms with E-state index >= 15 is 0 Å². The highest BCUT2D eigenvalue weighted by atomic mass is 32.2. The van der Waals surface area contributed by atoms with Crippen LogP contribution in [0.25, 0.3) is 0 Å². The lowest BCUT2D eigenvalue weighted by Crippen LogP contribution is -2.32. The second-order valence-corrected chi connectivity index (χ2v) is 10.2. The summed E-state index contributed by atoms with van der Waals surface area (Å²) in [7, 11) is -2.19. The Bertz CT molecular complexity index is 1040. The summed E-state index contributed by atoms with van der Waals surface area (Å²) in [5, 5.41) is 3.00. The molecule has 0 spiro atoms. The third-order valence-corrected chi connectivity index (χ3v) is 7.76. The number of amides is 1. The molecule has 1 aliphatic rings. The van der Waals surface area contributed by atoms with Crippen LogP contribution in [0.1, 0.15) is 65.7 Å². The molecule has 0 bridgehead atoms. The molecule has 1 atom stereocenters. The normalized spacial score (nSPS) is 16.4. The number of aryl methyl sites for hydroxylation is 2. The van der Waals surface area contributed by atoms with Crippen LogP contribution in [0.5, 0.6) is 5.75 Å². The van der Waals surface area contributed by atoms with Crippen LogP contribution < -0.4 is 10.1 Å². The van der Waals surface area contributed by atoms with Gasteiger partial charge in [0.2, 0.25) is 10.0 Å². The summed E-state index contributed by atoms with van der Waals surface area (Å²) in [4.78, 5) is 13.2. The average molecular weight is 445 g/mol. The number of carbonyl (C=O) groups is 1. The summed E-state index contributed by atoms with van der Waals surface area (Å²) >= 11 is 0. The predicted octanol–water partition coefficient (Wildman–Crippen LogP) is 4.37. The molecule has 1 amide bonds. The van der Waals surface area contributed by atoms with E-state index in [4.69, 9.17) is 4.74 Å². The number of methoxy groups -OCH3 is 1. The van der Waals surface area contributed by atoms with Crippen LogP contribution in [0.3, 0.4) is 0 Å². The van der Waals surface area contributed by atoms with E-state index in [-0.39, 0.29) is 22.4 Å². The van der Waals surface area contributed by atoms with Crippen molar-refractivity contribution < 1.29 is 17.9 Å². The van der Waals surface area contributed by atoms with Gasteiger partial charge in [-0.25, -0.2) is 8.42 Å². The zero-order valence-corrected chi connectivity index (χ0v) is 19.6. The average Bonchev–Trinajstić information content (AvgIpc) is 3.05. The van der Waals surface area contributed by atoms with Crippen LogP contribution in [0.2, 0.25) is 0 Å². The van der Waals surface area contributed by atoms with Gasteiger partial charge in [-0.15, -0.1) is 0 Å². The summed E-state index contributed by atoms with van der Waals surface area (Å²) in [6.07, 6.45) is 3.79. The van der Waals surface area contributed by atoms with Gasteiger partial charge in [0.15, 0.2) is 0 Å². The van der Waals surface area contributed by atoms with Crippen molar-refractivity contribution in [3.8, 4) is 5.75 Å². The molecular weight excluding hydrogens is 412 g/mol. The number of rotatable bonds is 6. The Balaban J connectivity index is 1.89. The maximum absolute atomic E-state index is 13.2. The van der Waals surface area contributed by atoms with E-state index in [9.17, 15) is 13.2 Å². The van der Waals surface area contributed by atoms with Gasteiger partial charge in [-0.2, -0.15) is 4.31 Å². The van der Waals surface area contributed by atoms with Crippen molar-refractivity contribution in [2.45, 2.75) is 57.4 Å². The summed E-state index contributed by atoms with van der Waals surface area (Å²) in [5.74, 6) is -0.0151. The minimum Gasteiger partial charge on any atom is -0.496 e. The van der Waals surface area contributed by atoms with E-state index in [1.807, 2.05) is 32.9 Å². The number of sulfonamides is 1. The van der Waals surface area contributed by atoms with E-state index in [2.05, 4.69) is 11.4 Å². The van der Waals surface area contributed by atoms with E-state index in [0.29, 0.717) is 18.8 Å². The van der Waals surface area contributed by atoms with Gasteiger partial charge in [0, 0.05) is 13.1 Å². The molecule has 1 aliphatic heterocycles. The molecule has 1 N–H and O–H groups in total. The van der Waals surface area contributed by atoms with Crippen molar-refractivity contribution in [3.63, 3.8) is 0 Å². The number of carbonyl (C=O) groups excluding carboxylic acids is 1. The zero-order chi connectivity index (χ0) is 22.6. The summed E-state index contributed by atoms with van der Waals surface area (Å²) in [5.41, 5.74) is 3.45. The molecule has 0 saturated carbocycles. The highest BCUT2D eigenvalue weighted by Crippen LogP contribution is 2.27. The Morgan fingerprint density at radius 3 is 2.35 bits per heavy atom. The van der Waals surface area contributed by atoms with Crippen LogP contribution in [0.4, 0.5) is 0 Å². The summed E-state index contributed by atoms with van der Waals surface area (Å²) < 4.78 is 33.3. The molecule has 6 nitrogen and oxygen atoms in total. The molecule has 0 radical (unpaired) electrons. The maximum atomic E-state index is 13.2. The van der Waals surface area contributed by atoms with E-state index in [0.717, 1.165) is 42.4 Å². The van der Waals surface area contributed by atoms with Gasteiger partial charge < -0.3 is 10.1 Å². The smallest absolute Gasteiger partial charge is 0.255 e. The molecule has 3 rings (SSSR count). The van der Waals surface area contributed by atoms with Gasteiger partial charge in [-0.1, -0.05) is 36.6 Å². The van der Waals surface area contributed by atoms with Gasteiger partial charge in [0.05, 0.1) is 23.6 Å². The summed E-state index contributed by atoms with van der Waals surface area (Å²) in [6.45, 7) is 6.97. The monoisotopic (exact) mass is 444 g/mol. The van der Waals surface area contributed by atoms with E-state index in [1.54, 1.807) is 6.07 Å². The fourth-order valence-corrected chi connectivity index (χ4v) is 5.58. The second-order valence-electron chi connectivity index (χ2n) is 8.24. The first-order chi connectivity index (χ1) is 14.7. The van der Waals surface area contributed by atoms with Crippen LogP contribution in [0.15, 0.2) is 41.3 Å². The molecular formula is C24H32N2O4S. The minimum absolute atomic E-state index is 0.125. The van der Waals surface area contributed by atoms with Gasteiger partial charge >= 0.3 is 0 Å². The number of hydrogen-bond donors (Lipinski definition) is 1.